The zero-order valence-corrected chi connectivity index (χ0v) is 37.5. The molecule has 0 radical (unpaired) electrons. The first-order valence-corrected chi connectivity index (χ1v) is 23.7. The van der Waals surface area contributed by atoms with Crippen molar-refractivity contribution in [3.8, 4) is 5.00 Å². The Hall–Kier alpha value is -5.84. The van der Waals surface area contributed by atoms with Gasteiger partial charge in [-0.25, -0.2) is 4.79 Å². The fourth-order valence-corrected chi connectivity index (χ4v) is 12.2. The van der Waals surface area contributed by atoms with Gasteiger partial charge in [0.2, 0.25) is 0 Å². The topological polar surface area (TPSA) is 90.1 Å². The average Bonchev–Trinajstić information content (AvgIpc) is 3.65. The molecule has 5 aliphatic rings. The number of allylic oxidation sites excluding steroid dienone is 1. The lowest BCUT2D eigenvalue weighted by atomic mass is 9.83. The lowest BCUT2D eigenvalue weighted by Crippen LogP contribution is -2.57. The summed E-state index contributed by atoms with van der Waals surface area (Å²) in [5, 5.41) is 19.8. The predicted octanol–water partition coefficient (Wildman–Crippen LogP) is 10.1. The number of likely N-dealkylation sites (tertiary alicyclic amines) is 1. The number of rotatable bonds is 10. The number of thiophene rings is 1. The van der Waals surface area contributed by atoms with E-state index in [1.165, 1.54) is 80.7 Å². The summed E-state index contributed by atoms with van der Waals surface area (Å²) in [5.74, 6) is 3.25. The van der Waals surface area contributed by atoms with Crippen LogP contribution in [0.2, 0.25) is 0 Å². The molecule has 1 atom stereocenters. The minimum Gasteiger partial charge on any atom is -0.478 e. The molecule has 1 aliphatic carbocycles. The van der Waals surface area contributed by atoms with E-state index in [0.717, 1.165) is 97.2 Å². The van der Waals surface area contributed by atoms with Gasteiger partial charge in [0.1, 0.15) is 16.9 Å². The van der Waals surface area contributed by atoms with Gasteiger partial charge in [0.05, 0.1) is 11.3 Å². The van der Waals surface area contributed by atoms with Crippen LogP contribution in [0.25, 0.3) is 16.1 Å². The molecule has 6 heterocycles. The Balaban J connectivity index is 0.667. The molecule has 63 heavy (non-hydrogen) atoms. The van der Waals surface area contributed by atoms with E-state index in [9.17, 15) is 9.90 Å². The minimum absolute atomic E-state index is 0.0746. The Morgan fingerprint density at radius 1 is 0.746 bits per heavy atom. The van der Waals surface area contributed by atoms with Crippen LogP contribution >= 0.6 is 11.3 Å². The van der Waals surface area contributed by atoms with E-state index in [4.69, 9.17) is 4.99 Å². The van der Waals surface area contributed by atoms with Crippen LogP contribution in [0.3, 0.4) is 0 Å². The quantitative estimate of drug-likeness (QED) is 0.147. The van der Waals surface area contributed by atoms with Crippen molar-refractivity contribution < 1.29 is 9.90 Å². The lowest BCUT2D eigenvalue weighted by molar-refractivity contribution is 0.0570. The number of aromatic nitrogens is 3. The highest BCUT2D eigenvalue weighted by Gasteiger charge is 2.37. The minimum atomic E-state index is -0.870. The summed E-state index contributed by atoms with van der Waals surface area (Å²) in [5.41, 5.74) is 15.0. The van der Waals surface area contributed by atoms with E-state index in [2.05, 4.69) is 129 Å². The zero-order chi connectivity index (χ0) is 42.9. The first kappa shape index (κ1) is 40.0. The molecule has 11 rings (SSSR count). The lowest BCUT2D eigenvalue weighted by Gasteiger charge is -2.49. The average molecular weight is 854 g/mol. The maximum Gasteiger partial charge on any atom is 0.335 e. The normalized spacial score (nSPS) is 19.3. The molecule has 6 aromatic rings. The van der Waals surface area contributed by atoms with Crippen molar-refractivity contribution in [3.05, 3.63) is 158 Å². The van der Waals surface area contributed by atoms with Crippen molar-refractivity contribution in [1.29, 1.82) is 0 Å². The van der Waals surface area contributed by atoms with Crippen molar-refractivity contribution in [3.63, 3.8) is 0 Å². The molecule has 0 unspecified atom stereocenters. The molecule has 2 aromatic heterocycles. The molecule has 0 amide bonds. The number of aryl methyl sites for hydroxylation is 3. The monoisotopic (exact) mass is 853 g/mol. The summed E-state index contributed by atoms with van der Waals surface area (Å²) in [4.78, 5) is 26.1. The largest absolute Gasteiger partial charge is 0.478 e. The number of benzene rings is 4. The number of hydrogen-bond acceptors (Lipinski definition) is 8. The maximum absolute atomic E-state index is 11.8. The molecule has 4 aliphatic heterocycles. The summed E-state index contributed by atoms with van der Waals surface area (Å²) in [7, 11) is 0. The maximum atomic E-state index is 11.8. The van der Waals surface area contributed by atoms with Gasteiger partial charge < -0.3 is 19.8 Å². The van der Waals surface area contributed by atoms with Crippen LogP contribution in [0.5, 0.6) is 0 Å². The van der Waals surface area contributed by atoms with Gasteiger partial charge in [-0.15, -0.1) is 21.5 Å². The van der Waals surface area contributed by atoms with Crippen LogP contribution in [0.4, 0.5) is 11.4 Å². The molecule has 3 saturated heterocycles. The third-order valence-corrected chi connectivity index (χ3v) is 15.6. The van der Waals surface area contributed by atoms with Gasteiger partial charge in [-0.05, 0) is 141 Å². The van der Waals surface area contributed by atoms with Gasteiger partial charge in [0.25, 0.3) is 0 Å². The second-order valence-electron chi connectivity index (χ2n) is 18.8. The van der Waals surface area contributed by atoms with E-state index in [1.54, 1.807) is 6.07 Å². The van der Waals surface area contributed by atoms with Crippen LogP contribution in [0.1, 0.15) is 98.1 Å². The van der Waals surface area contributed by atoms with Gasteiger partial charge in [-0.1, -0.05) is 60.7 Å². The molecule has 0 spiro atoms. The summed E-state index contributed by atoms with van der Waals surface area (Å²) in [6, 6.07) is 34.6. The van der Waals surface area contributed by atoms with Crippen LogP contribution in [0, 0.1) is 38.5 Å². The van der Waals surface area contributed by atoms with Crippen molar-refractivity contribution >= 4 is 45.5 Å². The Labute approximate surface area is 374 Å². The molecular formula is C53H55N7O2S. The number of anilines is 2. The second kappa shape index (κ2) is 16.1. The van der Waals surface area contributed by atoms with Gasteiger partial charge in [-0.3, -0.25) is 9.56 Å². The number of carbonyl (C=O) groups is 1. The van der Waals surface area contributed by atoms with Crippen molar-refractivity contribution in [2.45, 2.75) is 59.4 Å². The zero-order valence-electron chi connectivity index (χ0n) is 36.7. The molecule has 3 fully saturated rings. The van der Waals surface area contributed by atoms with Crippen molar-refractivity contribution in [2.24, 2.45) is 22.7 Å². The predicted molar refractivity (Wildman–Crippen MR) is 255 cm³/mol. The van der Waals surface area contributed by atoms with Crippen LogP contribution < -0.4 is 9.80 Å². The van der Waals surface area contributed by atoms with Gasteiger partial charge in [0.15, 0.2) is 5.82 Å². The standard InChI is InChI=1S/C53H55N7O2S/c1-32-34(3)63-52-48(32)50(54-33(2)51-56-55-35(4)60(51)52)41-15-20-45(21-16-41)59-30-38(31-59)27-57-25-36(26-57)23-37-28-58(29-37)44-18-13-40(14-19-44)49-46(39-9-6-5-7-10-39)12-8-11-42-24-43(53(61)62)17-22-47(42)49/h5-7,9-10,13-22,24,33,36-38H,8,11-12,23,25-31H2,1-4H3,(H,61,62)/t33-/m0/s1. The highest BCUT2D eigenvalue weighted by Crippen LogP contribution is 2.42. The van der Waals surface area contributed by atoms with E-state index in [-0.39, 0.29) is 6.04 Å². The van der Waals surface area contributed by atoms with Crippen LogP contribution in [-0.2, 0) is 6.42 Å². The molecule has 320 valence electrons. The van der Waals surface area contributed by atoms with E-state index >= 15 is 0 Å². The molecular weight excluding hydrogens is 799 g/mol. The fourth-order valence-electron chi connectivity index (χ4n) is 11.0. The third kappa shape index (κ3) is 7.31. The number of carboxylic acid groups (broad SMARTS) is 1. The van der Waals surface area contributed by atoms with Gasteiger partial charge in [0, 0.05) is 79.1 Å². The summed E-state index contributed by atoms with van der Waals surface area (Å²) in [6.45, 7) is 16.8. The third-order valence-electron chi connectivity index (χ3n) is 14.4. The number of carboxylic acids is 1. The second-order valence-corrected chi connectivity index (χ2v) is 20.0. The first-order valence-electron chi connectivity index (χ1n) is 22.8. The smallest absolute Gasteiger partial charge is 0.335 e. The summed E-state index contributed by atoms with van der Waals surface area (Å²) < 4.78 is 2.21. The number of aliphatic imine (C=N–C) groups is 1. The number of hydrogen-bond donors (Lipinski definition) is 1. The highest BCUT2D eigenvalue weighted by atomic mass is 32.1. The summed E-state index contributed by atoms with van der Waals surface area (Å²) in [6.07, 6.45) is 4.15. The molecule has 9 nitrogen and oxygen atoms in total. The summed E-state index contributed by atoms with van der Waals surface area (Å²) >= 11 is 1.81. The Morgan fingerprint density at radius 2 is 1.41 bits per heavy atom. The Kier molecular flexibility index (Phi) is 10.2. The number of fused-ring (bicyclic) bond motifs is 4. The number of nitrogens with zero attached hydrogens (tertiary/aromatic N) is 7. The Morgan fingerprint density at radius 3 is 2.11 bits per heavy atom. The van der Waals surface area contributed by atoms with Crippen molar-refractivity contribution in [2.75, 3.05) is 55.6 Å². The van der Waals surface area contributed by atoms with Gasteiger partial charge >= 0.3 is 5.97 Å². The molecule has 1 N–H and O–H groups in total. The van der Waals surface area contributed by atoms with E-state index in [0.29, 0.717) is 5.56 Å². The van der Waals surface area contributed by atoms with Crippen LogP contribution in [0.15, 0.2) is 102 Å². The molecule has 0 bridgehead atoms. The highest BCUT2D eigenvalue weighted by molar-refractivity contribution is 7.15. The number of aromatic carboxylic acids is 1. The van der Waals surface area contributed by atoms with E-state index in [1.807, 2.05) is 30.4 Å². The molecule has 0 saturated carbocycles. The SMILES string of the molecule is Cc1sc2c(c1C)C(c1ccc(N3CC(CN4CC(CC5CN(c6ccc(C7=C(c8ccccc8)CCCc8cc(C(=O)O)ccc87)cc6)C5)C4)C3)cc1)=N[C@@H](C)c1nnc(C)n1-2. The first-order chi connectivity index (χ1) is 30.6. The molecule has 10 heteroatoms. The van der Waals surface area contributed by atoms with Crippen LogP contribution in [-0.4, -0.2) is 82.3 Å². The van der Waals surface area contributed by atoms with Crippen molar-refractivity contribution in [1.82, 2.24) is 19.7 Å². The van der Waals surface area contributed by atoms with E-state index < -0.39 is 5.97 Å². The molecule has 4 aromatic carbocycles. The fraction of sp³-hybridized carbons (Fsp3) is 0.358. The Bertz CT molecular complexity index is 2770. The van der Waals surface area contributed by atoms with Gasteiger partial charge in [-0.2, -0.15) is 0 Å².